The molecule has 1 aromatic rings. The molecule has 0 heterocycles. The van der Waals surface area contributed by atoms with Crippen LogP contribution in [0.15, 0.2) is 30.3 Å². The predicted octanol–water partition coefficient (Wildman–Crippen LogP) is 2.24. The third-order valence-electron chi connectivity index (χ3n) is 3.04. The molecule has 0 radical (unpaired) electrons. The van der Waals surface area contributed by atoms with Gasteiger partial charge in [0.25, 0.3) is 0 Å². The van der Waals surface area contributed by atoms with Crippen LogP contribution in [0.5, 0.6) is 0 Å². The van der Waals surface area contributed by atoms with E-state index in [2.05, 4.69) is 29.2 Å². The van der Waals surface area contributed by atoms with Gasteiger partial charge in [0.15, 0.2) is 6.29 Å². The fraction of sp³-hybridized carbons (Fsp3) is 0.625. The highest BCUT2D eigenvalue weighted by Gasteiger charge is 2.14. The van der Waals surface area contributed by atoms with Gasteiger partial charge in [-0.2, -0.15) is 0 Å². The fourth-order valence-corrected chi connectivity index (χ4v) is 2.13. The van der Waals surface area contributed by atoms with E-state index in [1.807, 2.05) is 19.9 Å². The summed E-state index contributed by atoms with van der Waals surface area (Å²) in [4.78, 5) is 2.35. The number of rotatable bonds is 11. The molecule has 0 saturated carbocycles. The second-order valence-corrected chi connectivity index (χ2v) is 4.70. The van der Waals surface area contributed by atoms with E-state index in [1.165, 1.54) is 5.56 Å². The van der Waals surface area contributed by atoms with Crippen molar-refractivity contribution in [3.63, 3.8) is 0 Å². The molecule has 20 heavy (non-hydrogen) atoms. The lowest BCUT2D eigenvalue weighted by molar-refractivity contribution is -0.148. The van der Waals surface area contributed by atoms with Crippen LogP contribution in [0.25, 0.3) is 0 Å². The van der Waals surface area contributed by atoms with Gasteiger partial charge in [0, 0.05) is 26.3 Å². The fourth-order valence-electron chi connectivity index (χ4n) is 2.13. The first-order valence-electron chi connectivity index (χ1n) is 7.49. The molecule has 0 saturated heterocycles. The Balaban J connectivity index is 2.57. The largest absolute Gasteiger partial charge is 0.352 e. The normalized spacial score (nSPS) is 11.4. The van der Waals surface area contributed by atoms with Crippen LogP contribution < -0.4 is 5.73 Å². The van der Waals surface area contributed by atoms with Gasteiger partial charge in [0.1, 0.15) is 0 Å². The molecule has 0 unspecified atom stereocenters. The van der Waals surface area contributed by atoms with Crippen LogP contribution in [0.2, 0.25) is 0 Å². The van der Waals surface area contributed by atoms with Gasteiger partial charge >= 0.3 is 0 Å². The molecule has 2 N–H and O–H groups in total. The lowest BCUT2D eigenvalue weighted by atomic mass is 10.2. The average molecular weight is 280 g/mol. The zero-order valence-corrected chi connectivity index (χ0v) is 12.8. The minimum atomic E-state index is -0.161. The molecule has 0 aromatic heterocycles. The van der Waals surface area contributed by atoms with Gasteiger partial charge in [-0.15, -0.1) is 0 Å². The number of nitrogens with zero attached hydrogens (tertiary/aromatic N) is 1. The van der Waals surface area contributed by atoms with E-state index in [0.717, 1.165) is 26.1 Å². The number of hydrogen-bond acceptors (Lipinski definition) is 4. The Morgan fingerprint density at radius 2 is 1.75 bits per heavy atom. The van der Waals surface area contributed by atoms with Crippen molar-refractivity contribution in [2.75, 3.05) is 32.8 Å². The van der Waals surface area contributed by atoms with Crippen molar-refractivity contribution in [3.8, 4) is 0 Å². The zero-order chi connectivity index (χ0) is 14.6. The van der Waals surface area contributed by atoms with Crippen molar-refractivity contribution >= 4 is 0 Å². The number of ether oxygens (including phenoxy) is 2. The maximum atomic E-state index is 5.64. The second-order valence-electron chi connectivity index (χ2n) is 4.70. The van der Waals surface area contributed by atoms with E-state index < -0.39 is 0 Å². The van der Waals surface area contributed by atoms with Gasteiger partial charge in [-0.3, -0.25) is 4.90 Å². The van der Waals surface area contributed by atoms with Crippen molar-refractivity contribution in [2.45, 2.75) is 33.1 Å². The van der Waals surface area contributed by atoms with Crippen LogP contribution in [0.1, 0.15) is 25.8 Å². The van der Waals surface area contributed by atoms with E-state index >= 15 is 0 Å². The Labute approximate surface area is 122 Å². The zero-order valence-electron chi connectivity index (χ0n) is 12.8. The van der Waals surface area contributed by atoms with Crippen LogP contribution in [-0.2, 0) is 16.0 Å². The highest BCUT2D eigenvalue weighted by atomic mass is 16.7. The summed E-state index contributed by atoms with van der Waals surface area (Å²) in [5.74, 6) is 0. The maximum Gasteiger partial charge on any atom is 0.170 e. The van der Waals surface area contributed by atoms with Crippen molar-refractivity contribution in [3.05, 3.63) is 35.9 Å². The van der Waals surface area contributed by atoms with E-state index in [4.69, 9.17) is 15.2 Å². The van der Waals surface area contributed by atoms with Gasteiger partial charge < -0.3 is 15.2 Å². The van der Waals surface area contributed by atoms with Crippen LogP contribution in [0.3, 0.4) is 0 Å². The van der Waals surface area contributed by atoms with Gasteiger partial charge in [-0.25, -0.2) is 0 Å². The Kier molecular flexibility index (Phi) is 9.24. The second kappa shape index (κ2) is 10.8. The summed E-state index contributed by atoms with van der Waals surface area (Å²) in [5, 5.41) is 0. The smallest absolute Gasteiger partial charge is 0.170 e. The van der Waals surface area contributed by atoms with Crippen LogP contribution >= 0.6 is 0 Å². The average Bonchev–Trinajstić information content (AvgIpc) is 2.46. The summed E-state index contributed by atoms with van der Waals surface area (Å²) >= 11 is 0. The topological polar surface area (TPSA) is 47.7 Å². The van der Waals surface area contributed by atoms with Gasteiger partial charge in [0.2, 0.25) is 0 Å². The SMILES string of the molecule is CCOC(CN(CCCN)Cc1ccccc1)OCC. The monoisotopic (exact) mass is 280 g/mol. The molecular formula is C16H28N2O2. The van der Waals surface area contributed by atoms with Crippen LogP contribution in [0, 0.1) is 0 Å². The molecule has 0 bridgehead atoms. The van der Waals surface area contributed by atoms with Gasteiger partial charge in [-0.1, -0.05) is 30.3 Å². The molecule has 0 aliphatic heterocycles. The predicted molar refractivity (Wildman–Crippen MR) is 82.4 cm³/mol. The Bertz CT molecular complexity index is 327. The number of nitrogens with two attached hydrogens (primary N) is 1. The summed E-state index contributed by atoms with van der Waals surface area (Å²) in [6.45, 7) is 8.66. The third-order valence-corrected chi connectivity index (χ3v) is 3.04. The molecule has 1 rings (SSSR count). The first-order chi connectivity index (χ1) is 9.80. The van der Waals surface area contributed by atoms with Crippen molar-refractivity contribution in [2.24, 2.45) is 5.73 Å². The Morgan fingerprint density at radius 3 is 2.30 bits per heavy atom. The summed E-state index contributed by atoms with van der Waals surface area (Å²) in [6, 6.07) is 10.5. The molecule has 0 aliphatic carbocycles. The number of hydrogen-bond donors (Lipinski definition) is 1. The highest BCUT2D eigenvalue weighted by molar-refractivity contribution is 5.14. The minimum absolute atomic E-state index is 0.161. The first-order valence-corrected chi connectivity index (χ1v) is 7.49. The maximum absolute atomic E-state index is 5.64. The van der Waals surface area contributed by atoms with E-state index in [0.29, 0.717) is 19.8 Å². The lowest BCUT2D eigenvalue weighted by Gasteiger charge is -2.27. The summed E-state index contributed by atoms with van der Waals surface area (Å²) < 4.78 is 11.3. The summed E-state index contributed by atoms with van der Waals surface area (Å²) in [5.41, 5.74) is 6.93. The summed E-state index contributed by atoms with van der Waals surface area (Å²) in [6.07, 6.45) is 0.823. The van der Waals surface area contributed by atoms with Crippen molar-refractivity contribution in [1.82, 2.24) is 4.90 Å². The molecule has 1 aromatic carbocycles. The van der Waals surface area contributed by atoms with Crippen molar-refractivity contribution in [1.29, 1.82) is 0 Å². The minimum Gasteiger partial charge on any atom is -0.352 e. The van der Waals surface area contributed by atoms with Gasteiger partial charge in [0.05, 0.1) is 0 Å². The Hall–Kier alpha value is -0.940. The molecular weight excluding hydrogens is 252 g/mol. The third kappa shape index (κ3) is 7.01. The van der Waals surface area contributed by atoms with E-state index in [9.17, 15) is 0 Å². The highest BCUT2D eigenvalue weighted by Crippen LogP contribution is 2.08. The number of benzene rings is 1. The summed E-state index contributed by atoms with van der Waals surface area (Å²) in [7, 11) is 0. The molecule has 0 aliphatic rings. The lowest BCUT2D eigenvalue weighted by Crippen LogP contribution is -2.36. The quantitative estimate of drug-likeness (QED) is 0.632. The molecule has 0 atom stereocenters. The van der Waals surface area contributed by atoms with E-state index in [-0.39, 0.29) is 6.29 Å². The Morgan fingerprint density at radius 1 is 1.10 bits per heavy atom. The molecule has 0 amide bonds. The molecule has 114 valence electrons. The molecule has 0 fully saturated rings. The van der Waals surface area contributed by atoms with Crippen LogP contribution in [0.4, 0.5) is 0 Å². The van der Waals surface area contributed by atoms with E-state index in [1.54, 1.807) is 0 Å². The molecule has 4 nitrogen and oxygen atoms in total. The first kappa shape index (κ1) is 17.1. The standard InChI is InChI=1S/C16H28N2O2/c1-3-19-16(20-4-2)14-18(12-8-11-17)13-15-9-6-5-7-10-15/h5-7,9-10,16H,3-4,8,11-14,17H2,1-2H3. The molecule has 4 heteroatoms. The van der Waals surface area contributed by atoms with Gasteiger partial charge in [-0.05, 0) is 38.9 Å². The molecule has 0 spiro atoms. The van der Waals surface area contributed by atoms with Crippen molar-refractivity contribution < 1.29 is 9.47 Å². The van der Waals surface area contributed by atoms with Crippen LogP contribution in [-0.4, -0.2) is 44.0 Å².